The van der Waals surface area contributed by atoms with Crippen molar-refractivity contribution >= 4 is 67.7 Å². The molecule has 2 amide bonds. The number of carbonyl (C=O) groups is 2. The molecule has 1 unspecified atom stereocenters. The SMILES string of the molecule is CC(C)(C)OC(=O)N[C@H]1CS(=O)(=O)c2cc(F)c(-c3nnc(NC(CI)CCCN([O-])CC(F)(F)F)o3)cc2N(Cc2ccc(Cl)cc2)C1=O. The fourth-order valence-corrected chi connectivity index (χ4v) is 7.29. The summed E-state index contributed by atoms with van der Waals surface area (Å²) in [7, 11) is -4.40. The molecule has 50 heavy (non-hydrogen) atoms. The quantitative estimate of drug-likeness (QED) is 0.0934. The average Bonchev–Trinajstić information content (AvgIpc) is 3.43. The van der Waals surface area contributed by atoms with Crippen LogP contribution in [0.1, 0.15) is 39.2 Å². The molecule has 4 rings (SSSR count). The number of fused-ring (bicyclic) bond motifs is 1. The summed E-state index contributed by atoms with van der Waals surface area (Å²) in [5.41, 5.74) is -0.979. The number of aromatic nitrogens is 2. The average molecular weight is 860 g/mol. The number of sulfone groups is 1. The van der Waals surface area contributed by atoms with Gasteiger partial charge in [0, 0.05) is 15.5 Å². The molecule has 1 aromatic heterocycles. The van der Waals surface area contributed by atoms with E-state index in [9.17, 15) is 36.4 Å². The van der Waals surface area contributed by atoms with Crippen LogP contribution in [-0.2, 0) is 25.9 Å². The van der Waals surface area contributed by atoms with E-state index in [1.165, 1.54) is 0 Å². The van der Waals surface area contributed by atoms with Gasteiger partial charge in [0.25, 0.3) is 11.8 Å². The van der Waals surface area contributed by atoms with Gasteiger partial charge in [-0.15, -0.1) is 5.10 Å². The first-order valence-corrected chi connectivity index (χ1v) is 18.6. The lowest BCUT2D eigenvalue weighted by Crippen LogP contribution is -2.51. The standard InChI is InChI=1S/C30H33ClF4IN6O7S/c1-29(2,3)49-28(44)38-22-15-50(46,47)24-12-21(32)20(11-23(24)42(26(22)43)14-17-6-8-18(31)9-7-17)25-39-40-27(48-25)37-19(13-36)5-4-10-41(45)16-30(33,34)35/h6-9,11-12,19,22H,4-5,10,13-16H2,1-3H3,(H,37,40)(H,38,44)/q-1/t19?,22-/m0/s1. The Morgan fingerprint density at radius 1 is 1.22 bits per heavy atom. The highest BCUT2D eigenvalue weighted by atomic mass is 127. The normalized spacial score (nSPS) is 16.9. The smallest absolute Gasteiger partial charge is 0.408 e. The lowest BCUT2D eigenvalue weighted by Gasteiger charge is -2.29. The minimum absolute atomic E-state index is 0.0762. The summed E-state index contributed by atoms with van der Waals surface area (Å²) in [5.74, 6) is -3.15. The van der Waals surface area contributed by atoms with Crippen molar-refractivity contribution in [2.75, 3.05) is 33.5 Å². The van der Waals surface area contributed by atoms with E-state index in [4.69, 9.17) is 20.8 Å². The van der Waals surface area contributed by atoms with Crippen LogP contribution < -0.4 is 15.5 Å². The maximum atomic E-state index is 15.7. The van der Waals surface area contributed by atoms with E-state index in [2.05, 4.69) is 20.8 Å². The highest BCUT2D eigenvalue weighted by molar-refractivity contribution is 14.1. The van der Waals surface area contributed by atoms with E-state index in [1.54, 1.807) is 45.0 Å². The third-order valence-electron chi connectivity index (χ3n) is 7.05. The Hall–Kier alpha value is -3.27. The number of ether oxygens (including phenoxy) is 1. The van der Waals surface area contributed by atoms with E-state index in [1.807, 2.05) is 22.6 Å². The van der Waals surface area contributed by atoms with Crippen LogP contribution in [0, 0.1) is 11.0 Å². The Balaban J connectivity index is 1.65. The number of nitrogens with one attached hydrogen (secondary N) is 2. The number of anilines is 2. The minimum Gasteiger partial charge on any atom is -0.785 e. The van der Waals surface area contributed by atoms with Crippen molar-refractivity contribution in [1.82, 2.24) is 20.6 Å². The summed E-state index contributed by atoms with van der Waals surface area (Å²) in [5, 5.41) is 24.8. The van der Waals surface area contributed by atoms with Crippen molar-refractivity contribution in [3.05, 3.63) is 58.0 Å². The van der Waals surface area contributed by atoms with Crippen LogP contribution in [0.2, 0.25) is 5.02 Å². The summed E-state index contributed by atoms with van der Waals surface area (Å²) >= 11 is 8.04. The molecular weight excluding hydrogens is 827 g/mol. The zero-order valence-corrected chi connectivity index (χ0v) is 30.6. The first-order chi connectivity index (χ1) is 23.2. The van der Waals surface area contributed by atoms with Gasteiger partial charge in [-0.25, -0.2) is 17.6 Å². The maximum absolute atomic E-state index is 15.7. The molecule has 3 aromatic rings. The van der Waals surface area contributed by atoms with E-state index in [0.29, 0.717) is 15.0 Å². The molecule has 20 heteroatoms. The fourth-order valence-electron chi connectivity index (χ4n) is 4.89. The lowest BCUT2D eigenvalue weighted by atomic mass is 10.1. The largest absolute Gasteiger partial charge is 0.785 e. The Labute approximate surface area is 303 Å². The highest BCUT2D eigenvalue weighted by Crippen LogP contribution is 2.37. The summed E-state index contributed by atoms with van der Waals surface area (Å²) in [6.45, 7) is 2.64. The highest BCUT2D eigenvalue weighted by Gasteiger charge is 2.40. The predicted molar refractivity (Wildman–Crippen MR) is 184 cm³/mol. The summed E-state index contributed by atoms with van der Waals surface area (Å²) < 4.78 is 91.6. The Morgan fingerprint density at radius 2 is 1.90 bits per heavy atom. The minimum atomic E-state index is -4.61. The Bertz CT molecular complexity index is 1790. The first-order valence-electron chi connectivity index (χ1n) is 15.0. The van der Waals surface area contributed by atoms with Crippen LogP contribution in [-0.4, -0.2) is 82.8 Å². The molecule has 2 aromatic carbocycles. The molecule has 0 spiro atoms. The predicted octanol–water partition coefficient (Wildman–Crippen LogP) is 6.10. The zero-order valence-electron chi connectivity index (χ0n) is 26.9. The summed E-state index contributed by atoms with van der Waals surface area (Å²) in [6.07, 6.45) is -5.26. The van der Waals surface area contributed by atoms with E-state index >= 15 is 4.39 Å². The monoisotopic (exact) mass is 859 g/mol. The number of carbonyl (C=O) groups excluding carboxylic acids is 2. The molecule has 274 valence electrons. The third-order valence-corrected chi connectivity index (χ3v) is 10.1. The second kappa shape index (κ2) is 16.0. The van der Waals surface area contributed by atoms with Gasteiger partial charge in [-0.05, 0) is 70.0 Å². The fraction of sp³-hybridized carbons (Fsp3) is 0.467. The van der Waals surface area contributed by atoms with Gasteiger partial charge in [0.1, 0.15) is 17.5 Å². The second-order valence-electron chi connectivity index (χ2n) is 12.4. The van der Waals surface area contributed by atoms with E-state index in [-0.39, 0.29) is 54.2 Å². The molecule has 2 N–H and O–H groups in total. The molecule has 13 nitrogen and oxygen atoms in total. The van der Waals surface area contributed by atoms with Crippen LogP contribution in [0.3, 0.4) is 0 Å². The number of amides is 2. The van der Waals surface area contributed by atoms with Crippen LogP contribution in [0.5, 0.6) is 0 Å². The molecule has 0 fully saturated rings. The van der Waals surface area contributed by atoms with Crippen LogP contribution in [0.15, 0.2) is 45.7 Å². The molecule has 0 saturated heterocycles. The topological polar surface area (TPSA) is 170 Å². The molecule has 2 heterocycles. The third kappa shape index (κ3) is 10.9. The van der Waals surface area contributed by atoms with Crippen LogP contribution in [0.4, 0.5) is 34.1 Å². The van der Waals surface area contributed by atoms with Crippen molar-refractivity contribution in [1.29, 1.82) is 0 Å². The molecule has 1 aliphatic heterocycles. The molecule has 2 atom stereocenters. The Kier molecular flexibility index (Phi) is 12.6. The van der Waals surface area contributed by atoms with Gasteiger partial charge in [-0.1, -0.05) is 51.4 Å². The van der Waals surface area contributed by atoms with Gasteiger partial charge in [0.05, 0.1) is 35.0 Å². The zero-order chi connectivity index (χ0) is 37.0. The van der Waals surface area contributed by atoms with Crippen LogP contribution >= 0.6 is 34.2 Å². The van der Waals surface area contributed by atoms with Crippen molar-refractivity contribution in [2.45, 2.75) is 68.9 Å². The van der Waals surface area contributed by atoms with Gasteiger partial charge in [-0.3, -0.25) is 4.79 Å². The summed E-state index contributed by atoms with van der Waals surface area (Å²) in [4.78, 5) is 27.2. The number of alkyl carbamates (subject to hydrolysis) is 1. The van der Waals surface area contributed by atoms with Gasteiger partial charge >= 0.3 is 18.3 Å². The number of hydroxylamine groups is 2. The first kappa shape index (κ1) is 39.5. The number of benzene rings is 2. The number of hydrogen-bond donors (Lipinski definition) is 2. The number of hydrogen-bond acceptors (Lipinski definition) is 11. The van der Waals surface area contributed by atoms with Gasteiger partial charge in [-0.2, -0.15) is 13.2 Å². The molecule has 1 aliphatic rings. The number of nitrogens with zero attached hydrogens (tertiary/aromatic N) is 4. The van der Waals surface area contributed by atoms with Crippen molar-refractivity contribution < 1.29 is 44.7 Å². The maximum Gasteiger partial charge on any atom is 0.408 e. The molecule has 0 radical (unpaired) electrons. The van der Waals surface area contributed by atoms with Gasteiger partial charge < -0.3 is 35.0 Å². The molecule has 0 bridgehead atoms. The van der Waals surface area contributed by atoms with E-state index < -0.39 is 68.7 Å². The van der Waals surface area contributed by atoms with E-state index in [0.717, 1.165) is 17.0 Å². The molecule has 0 aliphatic carbocycles. The second-order valence-corrected chi connectivity index (χ2v) is 15.7. The van der Waals surface area contributed by atoms with Gasteiger partial charge in [0.2, 0.25) is 0 Å². The van der Waals surface area contributed by atoms with Crippen molar-refractivity contribution in [3.8, 4) is 11.5 Å². The number of rotatable bonds is 12. The Morgan fingerprint density at radius 3 is 2.52 bits per heavy atom. The van der Waals surface area contributed by atoms with Crippen molar-refractivity contribution in [2.24, 2.45) is 0 Å². The molecule has 0 saturated carbocycles. The summed E-state index contributed by atoms with van der Waals surface area (Å²) in [6, 6.07) is 5.99. The van der Waals surface area contributed by atoms with Crippen LogP contribution in [0.25, 0.3) is 11.5 Å². The van der Waals surface area contributed by atoms with Gasteiger partial charge in [0.15, 0.2) is 9.84 Å². The number of alkyl halides is 4. The molecular formula is C30H33ClF4IN6O7S-. The lowest BCUT2D eigenvalue weighted by molar-refractivity contribution is -0.140. The number of halogens is 6. The van der Waals surface area contributed by atoms with Crippen molar-refractivity contribution in [3.63, 3.8) is 0 Å².